The summed E-state index contributed by atoms with van der Waals surface area (Å²) in [5.41, 5.74) is 0. The molecule has 0 bridgehead atoms. The fraction of sp³-hybridized carbons (Fsp3) is 0.800. The number of halogens is 1. The number of carbonyl (C=O) groups excluding carboxylic acids is 1. The maximum Gasteiger partial charge on any atom is 0.330 e. The van der Waals surface area contributed by atoms with Crippen molar-refractivity contribution in [1.29, 1.82) is 0 Å². The summed E-state index contributed by atoms with van der Waals surface area (Å²) in [6.45, 7) is 0. The van der Waals surface area contributed by atoms with E-state index >= 15 is 0 Å². The molecule has 16 heavy (non-hydrogen) atoms. The molecule has 0 aliphatic rings. The number of rotatable bonds is 8. The first-order chi connectivity index (χ1) is 7.69. The Kier molecular flexibility index (Phi) is 9.85. The lowest BCUT2D eigenvalue weighted by atomic mass is 10.1. The van der Waals surface area contributed by atoms with Gasteiger partial charge in [-0.1, -0.05) is 0 Å². The van der Waals surface area contributed by atoms with E-state index in [2.05, 4.69) is 9.73 Å². The number of hydrogen-bond acceptors (Lipinski definition) is 5. The normalized spacial score (nSPS) is 13.3. The standard InChI is InChI=1S/C10H18INO4/c1-14-9(15-2)6-4-5-8(12-7-11)10(13)16-3/h7-9H,4-6H2,1-3H3. The van der Waals surface area contributed by atoms with Gasteiger partial charge in [-0.25, -0.2) is 4.79 Å². The molecule has 0 saturated carbocycles. The van der Waals surface area contributed by atoms with Gasteiger partial charge in [0.15, 0.2) is 6.29 Å². The lowest BCUT2D eigenvalue weighted by molar-refractivity contribution is -0.142. The van der Waals surface area contributed by atoms with Crippen LogP contribution < -0.4 is 0 Å². The molecule has 0 radical (unpaired) electrons. The van der Waals surface area contributed by atoms with E-state index in [1.54, 1.807) is 18.4 Å². The van der Waals surface area contributed by atoms with Crippen LogP contribution in [0.4, 0.5) is 0 Å². The van der Waals surface area contributed by atoms with Crippen LogP contribution in [0.2, 0.25) is 0 Å². The molecule has 1 atom stereocenters. The van der Waals surface area contributed by atoms with Crippen molar-refractivity contribution in [2.24, 2.45) is 4.99 Å². The molecule has 0 aliphatic heterocycles. The van der Waals surface area contributed by atoms with Crippen LogP contribution in [0.1, 0.15) is 19.3 Å². The van der Waals surface area contributed by atoms with E-state index in [0.29, 0.717) is 6.42 Å². The van der Waals surface area contributed by atoms with Crippen LogP contribution in [0.25, 0.3) is 0 Å². The Bertz CT molecular complexity index is 219. The molecule has 1 unspecified atom stereocenters. The van der Waals surface area contributed by atoms with Crippen molar-refractivity contribution < 1.29 is 19.0 Å². The van der Waals surface area contributed by atoms with Crippen molar-refractivity contribution in [2.45, 2.75) is 31.6 Å². The summed E-state index contributed by atoms with van der Waals surface area (Å²) >= 11 is 1.98. The second kappa shape index (κ2) is 9.98. The molecular formula is C10H18INO4. The van der Waals surface area contributed by atoms with Gasteiger partial charge in [-0.3, -0.25) is 4.99 Å². The zero-order valence-corrected chi connectivity index (χ0v) is 12.0. The fourth-order valence-electron chi connectivity index (χ4n) is 1.27. The highest BCUT2D eigenvalue weighted by molar-refractivity contribution is 14.1. The summed E-state index contributed by atoms with van der Waals surface area (Å²) in [4.78, 5) is 15.4. The smallest absolute Gasteiger partial charge is 0.330 e. The highest BCUT2D eigenvalue weighted by Gasteiger charge is 2.17. The van der Waals surface area contributed by atoms with Gasteiger partial charge in [0.05, 0.1) is 11.3 Å². The number of hydrogen-bond donors (Lipinski definition) is 0. The Morgan fingerprint density at radius 3 is 2.38 bits per heavy atom. The molecule has 94 valence electrons. The monoisotopic (exact) mass is 343 g/mol. The SMILES string of the molecule is COC(=O)C(CCCC(OC)OC)N=CI. The van der Waals surface area contributed by atoms with Crippen molar-refractivity contribution in [1.82, 2.24) is 0 Å². The van der Waals surface area contributed by atoms with E-state index in [0.717, 1.165) is 12.8 Å². The molecule has 0 spiro atoms. The van der Waals surface area contributed by atoms with E-state index in [9.17, 15) is 4.79 Å². The third-order valence-electron chi connectivity index (χ3n) is 2.15. The number of aliphatic imine (C=N–C) groups is 1. The first kappa shape index (κ1) is 15.8. The molecule has 0 aromatic heterocycles. The Hall–Kier alpha value is -0.210. The van der Waals surface area contributed by atoms with Gasteiger partial charge in [0.1, 0.15) is 6.04 Å². The minimum Gasteiger partial charge on any atom is -0.467 e. The Morgan fingerprint density at radius 2 is 1.94 bits per heavy atom. The maximum absolute atomic E-state index is 11.3. The molecule has 5 nitrogen and oxygen atoms in total. The maximum atomic E-state index is 11.3. The molecular weight excluding hydrogens is 325 g/mol. The van der Waals surface area contributed by atoms with Gasteiger partial charge in [0.2, 0.25) is 0 Å². The predicted molar refractivity (Wildman–Crippen MR) is 70.0 cm³/mol. The number of nitrogens with zero attached hydrogens (tertiary/aromatic N) is 1. The van der Waals surface area contributed by atoms with E-state index in [4.69, 9.17) is 9.47 Å². The van der Waals surface area contributed by atoms with Crippen LogP contribution in [0.3, 0.4) is 0 Å². The molecule has 0 aliphatic carbocycles. The number of methoxy groups -OCH3 is 3. The Labute approximate surface area is 110 Å². The highest BCUT2D eigenvalue weighted by atomic mass is 127. The second-order valence-corrected chi connectivity index (χ2v) is 3.67. The fourth-order valence-corrected chi connectivity index (χ4v) is 1.66. The molecule has 0 N–H and O–H groups in total. The minimum atomic E-state index is -0.420. The van der Waals surface area contributed by atoms with Crippen molar-refractivity contribution in [3.8, 4) is 0 Å². The summed E-state index contributed by atoms with van der Waals surface area (Å²) in [6, 6.07) is -0.420. The van der Waals surface area contributed by atoms with Crippen LogP contribution >= 0.6 is 22.6 Å². The third-order valence-corrected chi connectivity index (χ3v) is 2.47. The van der Waals surface area contributed by atoms with Gasteiger partial charge in [-0.05, 0) is 41.9 Å². The summed E-state index contributed by atoms with van der Waals surface area (Å²) in [5.74, 6) is -0.306. The molecule has 0 saturated heterocycles. The van der Waals surface area contributed by atoms with Gasteiger partial charge in [0.25, 0.3) is 0 Å². The van der Waals surface area contributed by atoms with Crippen LogP contribution in [0.5, 0.6) is 0 Å². The number of esters is 1. The van der Waals surface area contributed by atoms with E-state index < -0.39 is 6.04 Å². The summed E-state index contributed by atoms with van der Waals surface area (Å²) in [6.07, 6.45) is 1.94. The molecule has 0 aromatic carbocycles. The van der Waals surface area contributed by atoms with Crippen LogP contribution in [-0.4, -0.2) is 43.9 Å². The van der Waals surface area contributed by atoms with Gasteiger partial charge in [0, 0.05) is 14.2 Å². The minimum absolute atomic E-state index is 0.220. The average Bonchev–Trinajstić information content (AvgIpc) is 2.32. The van der Waals surface area contributed by atoms with Gasteiger partial charge >= 0.3 is 5.97 Å². The van der Waals surface area contributed by atoms with Crippen LogP contribution in [0, 0.1) is 0 Å². The summed E-state index contributed by atoms with van der Waals surface area (Å²) in [7, 11) is 4.55. The van der Waals surface area contributed by atoms with Crippen LogP contribution in [-0.2, 0) is 19.0 Å². The third kappa shape index (κ3) is 6.39. The lowest BCUT2D eigenvalue weighted by Crippen LogP contribution is -2.21. The molecule has 0 heterocycles. The predicted octanol–water partition coefficient (Wildman–Crippen LogP) is 1.78. The Morgan fingerprint density at radius 1 is 1.31 bits per heavy atom. The van der Waals surface area contributed by atoms with Crippen molar-refractivity contribution in [3.63, 3.8) is 0 Å². The zero-order valence-electron chi connectivity index (χ0n) is 9.81. The molecule has 0 fully saturated rings. The largest absolute Gasteiger partial charge is 0.467 e. The topological polar surface area (TPSA) is 57.1 Å². The summed E-state index contributed by atoms with van der Waals surface area (Å²) in [5, 5.41) is 0. The van der Waals surface area contributed by atoms with Gasteiger partial charge < -0.3 is 14.2 Å². The number of ether oxygens (including phenoxy) is 3. The highest BCUT2D eigenvalue weighted by Crippen LogP contribution is 2.10. The van der Waals surface area contributed by atoms with Crippen molar-refractivity contribution in [2.75, 3.05) is 21.3 Å². The molecule has 0 amide bonds. The molecule has 0 rings (SSSR count). The van der Waals surface area contributed by atoms with Crippen molar-refractivity contribution in [3.05, 3.63) is 0 Å². The Balaban J connectivity index is 3.98. The first-order valence-corrected chi connectivity index (χ1v) is 6.19. The summed E-state index contributed by atoms with van der Waals surface area (Å²) < 4.78 is 16.3. The van der Waals surface area contributed by atoms with Crippen LogP contribution in [0.15, 0.2) is 4.99 Å². The van der Waals surface area contributed by atoms with Gasteiger partial charge in [-0.15, -0.1) is 0 Å². The molecule has 6 heteroatoms. The first-order valence-electron chi connectivity index (χ1n) is 4.94. The second-order valence-electron chi connectivity index (χ2n) is 3.12. The van der Waals surface area contributed by atoms with E-state index in [-0.39, 0.29) is 12.3 Å². The lowest BCUT2D eigenvalue weighted by Gasteiger charge is -2.14. The molecule has 0 aromatic rings. The quantitative estimate of drug-likeness (QED) is 0.292. The zero-order chi connectivity index (χ0) is 12.4. The average molecular weight is 343 g/mol. The van der Waals surface area contributed by atoms with E-state index in [1.165, 1.54) is 7.11 Å². The van der Waals surface area contributed by atoms with Gasteiger partial charge in [-0.2, -0.15) is 0 Å². The van der Waals surface area contributed by atoms with Crippen molar-refractivity contribution >= 4 is 32.8 Å². The number of carbonyl (C=O) groups is 1. The van der Waals surface area contributed by atoms with E-state index in [1.807, 2.05) is 22.6 Å².